The lowest BCUT2D eigenvalue weighted by Gasteiger charge is -2.62. The molecule has 0 radical (unpaired) electrons. The van der Waals surface area contributed by atoms with E-state index in [0.29, 0.717) is 29.7 Å². The molecule has 0 unspecified atom stereocenters. The standard InChI is InChI=1S/C58H77N3O15S2/c1-12-14-29-61(30-31-77-78-45-27-21-22-28-59-45)54(67)73-49(47(38-23-17-15-18-24-38)60-53(66)76-55(5,6)7)52(65)72-43-34-58(68,56(8,9)46(36(43)3)48(70-11)42(63)13-2)50(74-51(64)39-25-19-16-20-26-39)41-32-40(69-10)33-44-57(41,35-71-44)75-37(4)62/h15-28,40-41,43-44,47-50,68H,12-14,29-35H2,1-11H3,(H,60,66)/t40-,41-,43+,44-,47+,48+,49-,50+,57-,58-/m1/s1. The highest BCUT2D eigenvalue weighted by molar-refractivity contribution is 8.76. The van der Waals surface area contributed by atoms with Gasteiger partial charge < -0.3 is 53.2 Å². The molecule has 2 N–H and O–H groups in total. The van der Waals surface area contributed by atoms with Crippen molar-refractivity contribution in [1.29, 1.82) is 0 Å². The Morgan fingerprint density at radius 2 is 1.60 bits per heavy atom. The summed E-state index contributed by atoms with van der Waals surface area (Å²) < 4.78 is 49.5. The molecule has 2 amide bonds. The van der Waals surface area contributed by atoms with Gasteiger partial charge in [-0.1, -0.05) is 99.5 Å². The van der Waals surface area contributed by atoms with Crippen LogP contribution in [0, 0.1) is 11.3 Å². The van der Waals surface area contributed by atoms with Crippen molar-refractivity contribution in [1.82, 2.24) is 15.2 Å². The number of hydrogen-bond donors (Lipinski definition) is 2. The third kappa shape index (κ3) is 14.4. The quantitative estimate of drug-likeness (QED) is 0.0280. The number of benzene rings is 2. The SMILES string of the molecule is CCCCN(CCSSc1ccccn1)C(=O)O[C@@H](C(=O)O[C@H]1C[C@@](O)([C@@H](OC(=O)c2ccccc2)[C@H]2C[C@@H](OC)C[C@H]3OC[C@@]23OC(C)=O)C(C)(C)C([C@@H](OC)C(=O)CC)=C1C)[C@@H](NC(=O)OC(C)(C)C)c1ccccc1. The number of Topliss-reactive ketones (excluding diaryl/α,β-unsaturated/α-hetero) is 1. The molecule has 1 aromatic heterocycles. The lowest BCUT2D eigenvalue weighted by Crippen LogP contribution is -2.75. The largest absolute Gasteiger partial charge is 0.455 e. The molecule has 0 spiro atoms. The number of hydrogen-bond acceptors (Lipinski definition) is 18. The van der Waals surface area contributed by atoms with E-state index in [4.69, 9.17) is 37.9 Å². The number of pyridine rings is 1. The van der Waals surface area contributed by atoms with Crippen LogP contribution in [0.15, 0.2) is 101 Å². The highest BCUT2D eigenvalue weighted by Gasteiger charge is 2.70. The number of rotatable bonds is 24. The number of aromatic nitrogens is 1. The molecule has 78 heavy (non-hydrogen) atoms. The first-order chi connectivity index (χ1) is 37.0. The average molecular weight is 1120 g/mol. The van der Waals surface area contributed by atoms with E-state index in [2.05, 4.69) is 10.3 Å². The Morgan fingerprint density at radius 1 is 0.923 bits per heavy atom. The summed E-state index contributed by atoms with van der Waals surface area (Å²) in [5.74, 6) is -3.51. The molecule has 0 bridgehead atoms. The molecule has 1 saturated heterocycles. The summed E-state index contributed by atoms with van der Waals surface area (Å²) in [5.41, 5.74) is -5.21. The van der Waals surface area contributed by atoms with Gasteiger partial charge in [-0.15, -0.1) is 0 Å². The van der Waals surface area contributed by atoms with E-state index >= 15 is 4.79 Å². The number of ketones is 1. The lowest BCUT2D eigenvalue weighted by atomic mass is 9.53. The van der Waals surface area contributed by atoms with Crippen LogP contribution in [0.1, 0.15) is 123 Å². The predicted molar refractivity (Wildman–Crippen MR) is 293 cm³/mol. The zero-order valence-electron chi connectivity index (χ0n) is 46.6. The molecule has 2 aromatic carbocycles. The van der Waals surface area contributed by atoms with Crippen LogP contribution in [-0.4, -0.2) is 144 Å². The van der Waals surface area contributed by atoms with Crippen molar-refractivity contribution < 1.29 is 71.8 Å². The smallest absolute Gasteiger partial charge is 0.410 e. The van der Waals surface area contributed by atoms with Gasteiger partial charge in [-0.25, -0.2) is 24.2 Å². The summed E-state index contributed by atoms with van der Waals surface area (Å²) >= 11 is 0. The van der Waals surface area contributed by atoms with Gasteiger partial charge in [0.05, 0.1) is 18.3 Å². The average Bonchev–Trinajstić information content (AvgIpc) is 3.60. The molecule has 10 atom stereocenters. The number of fused-ring (bicyclic) bond motifs is 1. The van der Waals surface area contributed by atoms with Crippen molar-refractivity contribution >= 4 is 57.5 Å². The minimum atomic E-state index is -2.31. The van der Waals surface area contributed by atoms with Gasteiger partial charge in [0.25, 0.3) is 0 Å². The second-order valence-corrected chi connectivity index (χ2v) is 23.9. The Labute approximate surface area is 466 Å². The van der Waals surface area contributed by atoms with E-state index in [0.717, 1.165) is 11.4 Å². The minimum Gasteiger partial charge on any atom is -0.455 e. The molecule has 20 heteroatoms. The van der Waals surface area contributed by atoms with Crippen LogP contribution in [0.5, 0.6) is 0 Å². The third-order valence-corrected chi connectivity index (χ3v) is 17.1. The number of ether oxygens (including phenoxy) is 8. The number of unbranched alkanes of at least 4 members (excludes halogenated alkanes) is 1. The van der Waals surface area contributed by atoms with E-state index in [9.17, 15) is 29.1 Å². The number of aliphatic hydroxyl groups is 1. The van der Waals surface area contributed by atoms with Gasteiger partial charge in [0.2, 0.25) is 6.10 Å². The summed E-state index contributed by atoms with van der Waals surface area (Å²) in [6, 6.07) is 20.8. The van der Waals surface area contributed by atoms with Gasteiger partial charge in [-0.05, 0) is 92.3 Å². The number of carbonyl (C=O) groups excluding carboxylic acids is 6. The van der Waals surface area contributed by atoms with Crippen LogP contribution in [-0.2, 0) is 52.3 Å². The Balaban J connectivity index is 1.50. The molecule has 426 valence electrons. The van der Waals surface area contributed by atoms with E-state index < -0.39 is 107 Å². The summed E-state index contributed by atoms with van der Waals surface area (Å²) in [7, 11) is 5.82. The van der Waals surface area contributed by atoms with E-state index in [1.54, 1.807) is 115 Å². The maximum Gasteiger partial charge on any atom is 0.410 e. The highest BCUT2D eigenvalue weighted by Crippen LogP contribution is 2.58. The lowest BCUT2D eigenvalue weighted by molar-refractivity contribution is -0.322. The van der Waals surface area contributed by atoms with Crippen LogP contribution < -0.4 is 5.32 Å². The van der Waals surface area contributed by atoms with Crippen molar-refractivity contribution in [2.75, 3.05) is 39.7 Å². The second kappa shape index (κ2) is 27.1. The number of alkyl carbamates (subject to hydrolysis) is 1. The van der Waals surface area contributed by atoms with Crippen molar-refractivity contribution in [2.45, 2.75) is 165 Å². The molecule has 3 aromatic rings. The fourth-order valence-electron chi connectivity index (χ4n) is 10.8. The van der Waals surface area contributed by atoms with Gasteiger partial charge in [0.15, 0.2) is 11.4 Å². The van der Waals surface area contributed by atoms with Crippen molar-refractivity contribution in [2.24, 2.45) is 11.3 Å². The Bertz CT molecular complexity index is 2570. The summed E-state index contributed by atoms with van der Waals surface area (Å²) in [5, 5.41) is 17.8. The van der Waals surface area contributed by atoms with Gasteiger partial charge in [0.1, 0.15) is 46.7 Å². The summed E-state index contributed by atoms with van der Waals surface area (Å²) in [4.78, 5) is 91.9. The Kier molecular flexibility index (Phi) is 21.4. The third-order valence-electron chi connectivity index (χ3n) is 14.8. The number of nitrogens with zero attached hydrogens (tertiary/aromatic N) is 2. The number of esters is 3. The van der Waals surface area contributed by atoms with E-state index in [1.165, 1.54) is 47.6 Å². The van der Waals surface area contributed by atoms with E-state index in [-0.39, 0.29) is 49.5 Å². The Morgan fingerprint density at radius 3 is 2.18 bits per heavy atom. The first kappa shape index (κ1) is 61.7. The number of amides is 2. The fraction of sp³-hybridized carbons (Fsp3) is 0.569. The monoisotopic (exact) mass is 1120 g/mol. The maximum absolute atomic E-state index is 15.6. The number of methoxy groups -OCH3 is 2. The first-order valence-corrected chi connectivity index (χ1v) is 28.9. The number of nitrogens with one attached hydrogen (secondary N) is 1. The van der Waals surface area contributed by atoms with Crippen molar-refractivity contribution in [3.63, 3.8) is 0 Å². The Hall–Kier alpha value is -5.51. The summed E-state index contributed by atoms with van der Waals surface area (Å²) in [6.07, 6.45) is -6.31. The van der Waals surface area contributed by atoms with Crippen molar-refractivity contribution in [3.05, 3.63) is 107 Å². The second-order valence-electron chi connectivity index (χ2n) is 21.4. The summed E-state index contributed by atoms with van der Waals surface area (Å²) in [6.45, 7) is 15.4. The van der Waals surface area contributed by atoms with Crippen LogP contribution in [0.4, 0.5) is 9.59 Å². The van der Waals surface area contributed by atoms with Crippen molar-refractivity contribution in [3.8, 4) is 0 Å². The molecule has 2 fully saturated rings. The first-order valence-electron chi connectivity index (χ1n) is 26.5. The molecular weight excluding hydrogens is 1040 g/mol. The van der Waals surface area contributed by atoms with Gasteiger partial charge in [-0.2, -0.15) is 0 Å². The molecular formula is C58H77N3O15S2. The molecule has 2 aliphatic carbocycles. The topological polar surface area (TPSA) is 225 Å². The normalized spacial score (nSPS) is 24.2. The highest BCUT2D eigenvalue weighted by atomic mass is 33.1. The minimum absolute atomic E-state index is 0.00931. The molecule has 2 heterocycles. The van der Waals surface area contributed by atoms with Gasteiger partial charge in [-0.3, -0.25) is 9.59 Å². The zero-order chi connectivity index (χ0) is 57.0. The molecule has 18 nitrogen and oxygen atoms in total. The van der Waals surface area contributed by atoms with E-state index in [1.807, 2.05) is 25.1 Å². The molecule has 3 aliphatic rings. The van der Waals surface area contributed by atoms with Crippen LogP contribution in [0.3, 0.4) is 0 Å². The van der Waals surface area contributed by atoms with Crippen LogP contribution in [0.2, 0.25) is 0 Å². The molecule has 1 aliphatic heterocycles. The molecule has 1 saturated carbocycles. The predicted octanol–water partition coefficient (Wildman–Crippen LogP) is 9.43. The van der Waals surface area contributed by atoms with Crippen LogP contribution in [0.25, 0.3) is 0 Å². The fourth-order valence-corrected chi connectivity index (χ4v) is 12.6. The number of carbonyl (C=O) groups is 6. The maximum atomic E-state index is 15.6. The van der Waals surface area contributed by atoms with Gasteiger partial charge in [0, 0.05) is 76.8 Å². The van der Waals surface area contributed by atoms with Crippen LogP contribution >= 0.6 is 21.6 Å². The zero-order valence-corrected chi connectivity index (χ0v) is 48.3. The molecule has 6 rings (SSSR count). The van der Waals surface area contributed by atoms with Gasteiger partial charge >= 0.3 is 30.1 Å².